The number of nitrogens with two attached hydrogens (primary N) is 1. The van der Waals surface area contributed by atoms with Gasteiger partial charge in [0.15, 0.2) is 5.69 Å². The first kappa shape index (κ1) is 21.4. The van der Waals surface area contributed by atoms with Crippen LogP contribution in [0.3, 0.4) is 0 Å². The molecule has 1 amide bonds. The van der Waals surface area contributed by atoms with Crippen LogP contribution in [-0.2, 0) is 16.1 Å². The number of anilines is 2. The molecule has 28 heavy (non-hydrogen) atoms. The molecule has 2 rings (SSSR count). The number of aromatic amines is 1. The maximum absolute atomic E-state index is 12.7. The van der Waals surface area contributed by atoms with E-state index in [1.165, 1.54) is 9.47 Å². The summed E-state index contributed by atoms with van der Waals surface area (Å²) in [6.07, 6.45) is 2.42. The van der Waals surface area contributed by atoms with Crippen LogP contribution < -0.4 is 21.9 Å². The maximum atomic E-state index is 12.7. The molecule has 0 aliphatic carbocycles. The van der Waals surface area contributed by atoms with E-state index in [1.807, 2.05) is 37.3 Å². The lowest BCUT2D eigenvalue weighted by molar-refractivity contribution is -0.118. The number of hydrogen-bond donors (Lipinski definition) is 2. The van der Waals surface area contributed by atoms with Crippen LogP contribution in [0.4, 0.5) is 11.5 Å². The largest absolute Gasteiger partial charge is 0.385 e. The summed E-state index contributed by atoms with van der Waals surface area (Å²) in [5, 5.41) is 0. The summed E-state index contributed by atoms with van der Waals surface area (Å²) in [7, 11) is 1.57. The van der Waals surface area contributed by atoms with Crippen LogP contribution in [0.25, 0.3) is 0 Å². The van der Waals surface area contributed by atoms with Crippen LogP contribution in [0.2, 0.25) is 0 Å². The van der Waals surface area contributed by atoms with Gasteiger partial charge < -0.3 is 15.4 Å². The molecule has 0 spiro atoms. The second-order valence-electron chi connectivity index (χ2n) is 6.56. The Bertz CT molecular complexity index is 889. The van der Waals surface area contributed by atoms with Crippen LogP contribution in [0.15, 0.2) is 39.9 Å². The van der Waals surface area contributed by atoms with E-state index >= 15 is 0 Å². The number of carbonyl (C=O) groups is 1. The number of carbonyl (C=O) groups excluding carboxylic acids is 1. The van der Waals surface area contributed by atoms with Gasteiger partial charge in [-0.1, -0.05) is 43.7 Å². The molecule has 1 heterocycles. The third-order valence-electron chi connectivity index (χ3n) is 4.44. The number of rotatable bonds is 10. The number of nitrogens with one attached hydrogen (secondary N) is 1. The lowest BCUT2D eigenvalue weighted by Gasteiger charge is -2.24. The summed E-state index contributed by atoms with van der Waals surface area (Å²) in [6, 6.07) is 9.31. The van der Waals surface area contributed by atoms with E-state index in [0.717, 1.165) is 12.0 Å². The first-order valence-electron chi connectivity index (χ1n) is 9.45. The fourth-order valence-electron chi connectivity index (χ4n) is 2.95. The van der Waals surface area contributed by atoms with Crippen molar-refractivity contribution < 1.29 is 9.53 Å². The van der Waals surface area contributed by atoms with Crippen molar-refractivity contribution in [3.63, 3.8) is 0 Å². The Morgan fingerprint density at radius 1 is 1.21 bits per heavy atom. The molecule has 8 nitrogen and oxygen atoms in total. The average Bonchev–Trinajstić information content (AvgIpc) is 2.69. The number of hydrogen-bond acceptors (Lipinski definition) is 5. The average molecular weight is 388 g/mol. The van der Waals surface area contributed by atoms with Crippen molar-refractivity contribution >= 4 is 17.4 Å². The van der Waals surface area contributed by atoms with Crippen molar-refractivity contribution in [3.8, 4) is 0 Å². The van der Waals surface area contributed by atoms with Gasteiger partial charge in [-0.25, -0.2) is 4.79 Å². The fraction of sp³-hybridized carbons (Fsp3) is 0.450. The molecule has 0 aliphatic rings. The number of nitrogen functional groups attached to an aromatic ring is 1. The number of ether oxygens (including phenoxy) is 1. The first-order chi connectivity index (χ1) is 13.5. The van der Waals surface area contributed by atoms with E-state index in [1.54, 1.807) is 7.11 Å². The molecule has 0 radical (unpaired) electrons. The van der Waals surface area contributed by atoms with Crippen LogP contribution >= 0.6 is 0 Å². The van der Waals surface area contributed by atoms with Crippen molar-refractivity contribution in [2.75, 3.05) is 30.9 Å². The van der Waals surface area contributed by atoms with Crippen LogP contribution in [0.1, 0.15) is 38.2 Å². The monoisotopic (exact) mass is 388 g/mol. The Hall–Kier alpha value is -2.87. The van der Waals surface area contributed by atoms with Crippen LogP contribution in [0.5, 0.6) is 0 Å². The Morgan fingerprint density at radius 3 is 2.57 bits per heavy atom. The fourth-order valence-corrected chi connectivity index (χ4v) is 2.95. The highest BCUT2D eigenvalue weighted by atomic mass is 16.5. The molecular weight excluding hydrogens is 360 g/mol. The van der Waals surface area contributed by atoms with Gasteiger partial charge in [0, 0.05) is 26.7 Å². The molecule has 0 fully saturated rings. The Morgan fingerprint density at radius 2 is 1.93 bits per heavy atom. The third-order valence-corrected chi connectivity index (χ3v) is 4.44. The summed E-state index contributed by atoms with van der Waals surface area (Å²) < 4.78 is 6.34. The van der Waals surface area contributed by atoms with Crippen molar-refractivity contribution in [1.82, 2.24) is 9.55 Å². The van der Waals surface area contributed by atoms with Gasteiger partial charge in [-0.15, -0.1) is 0 Å². The van der Waals surface area contributed by atoms with Gasteiger partial charge in [-0.3, -0.25) is 19.1 Å². The van der Waals surface area contributed by atoms with E-state index < -0.39 is 11.2 Å². The van der Waals surface area contributed by atoms with E-state index in [0.29, 0.717) is 25.9 Å². The van der Waals surface area contributed by atoms with Gasteiger partial charge in [0.25, 0.3) is 5.56 Å². The Labute approximate surface area is 163 Å². The number of benzene rings is 1. The lowest BCUT2D eigenvalue weighted by atomic mass is 10.2. The zero-order valence-electron chi connectivity index (χ0n) is 16.4. The van der Waals surface area contributed by atoms with Gasteiger partial charge in [0.05, 0.1) is 6.54 Å². The predicted molar refractivity (Wildman–Crippen MR) is 110 cm³/mol. The summed E-state index contributed by atoms with van der Waals surface area (Å²) in [5.41, 5.74) is 5.84. The molecule has 0 bridgehead atoms. The van der Waals surface area contributed by atoms with Crippen molar-refractivity contribution in [2.24, 2.45) is 0 Å². The molecule has 8 heteroatoms. The first-order valence-corrected chi connectivity index (χ1v) is 9.45. The quantitative estimate of drug-likeness (QED) is 0.602. The molecule has 0 atom stereocenters. The molecule has 0 saturated carbocycles. The smallest absolute Gasteiger partial charge is 0.330 e. The summed E-state index contributed by atoms with van der Waals surface area (Å²) >= 11 is 0. The molecular formula is C20H28N4O4. The van der Waals surface area contributed by atoms with Gasteiger partial charge in [-0.05, 0) is 18.4 Å². The van der Waals surface area contributed by atoms with Crippen molar-refractivity contribution in [2.45, 2.75) is 39.2 Å². The standard InChI is InChI=1S/C20H28N4O4/c1-3-4-11-16(25)23(12-8-13-28-2)17-18(21)24(20(27)22-19(17)26)14-15-9-6-5-7-10-15/h5-7,9-10H,3-4,8,11-14,21H2,1-2H3,(H,22,26,27). The summed E-state index contributed by atoms with van der Waals surface area (Å²) in [5.74, 6) is -0.208. The Balaban J connectivity index is 2.46. The van der Waals surface area contributed by atoms with Gasteiger partial charge in [-0.2, -0.15) is 0 Å². The normalized spacial score (nSPS) is 10.8. The Kier molecular flexibility index (Phi) is 8.01. The molecule has 0 unspecified atom stereocenters. The molecule has 0 saturated heterocycles. The van der Waals surface area contributed by atoms with E-state index in [2.05, 4.69) is 4.98 Å². The minimum atomic E-state index is -0.658. The highest BCUT2D eigenvalue weighted by Crippen LogP contribution is 2.19. The van der Waals surface area contributed by atoms with E-state index in [4.69, 9.17) is 10.5 Å². The second kappa shape index (κ2) is 10.5. The molecule has 1 aromatic heterocycles. The molecule has 1 aromatic carbocycles. The molecule has 152 valence electrons. The number of nitrogens with zero attached hydrogens (tertiary/aromatic N) is 2. The topological polar surface area (TPSA) is 110 Å². The van der Waals surface area contributed by atoms with E-state index in [9.17, 15) is 14.4 Å². The summed E-state index contributed by atoms with van der Waals surface area (Å²) in [6.45, 7) is 2.92. The van der Waals surface area contributed by atoms with Crippen LogP contribution in [-0.4, -0.2) is 35.7 Å². The minimum absolute atomic E-state index is 0.0140. The zero-order valence-corrected chi connectivity index (χ0v) is 16.4. The highest BCUT2D eigenvalue weighted by Gasteiger charge is 2.23. The molecule has 3 N–H and O–H groups in total. The zero-order chi connectivity index (χ0) is 20.5. The number of unbranched alkanes of at least 4 members (excludes halogenated alkanes) is 1. The summed E-state index contributed by atoms with van der Waals surface area (Å²) in [4.78, 5) is 41.3. The number of aromatic nitrogens is 2. The van der Waals surface area contributed by atoms with Gasteiger partial charge >= 0.3 is 5.69 Å². The van der Waals surface area contributed by atoms with Gasteiger partial charge in [0.2, 0.25) is 5.91 Å². The number of amides is 1. The van der Waals surface area contributed by atoms with Crippen molar-refractivity contribution in [3.05, 3.63) is 56.7 Å². The maximum Gasteiger partial charge on any atom is 0.330 e. The predicted octanol–water partition coefficient (Wildman–Crippen LogP) is 1.73. The second-order valence-corrected chi connectivity index (χ2v) is 6.56. The minimum Gasteiger partial charge on any atom is -0.385 e. The number of methoxy groups -OCH3 is 1. The lowest BCUT2D eigenvalue weighted by Crippen LogP contribution is -2.42. The van der Waals surface area contributed by atoms with Gasteiger partial charge in [0.1, 0.15) is 5.82 Å². The van der Waals surface area contributed by atoms with Crippen LogP contribution in [0, 0.1) is 0 Å². The molecule has 0 aliphatic heterocycles. The third kappa shape index (κ3) is 5.32. The van der Waals surface area contributed by atoms with Crippen molar-refractivity contribution in [1.29, 1.82) is 0 Å². The van der Waals surface area contributed by atoms with E-state index in [-0.39, 0.29) is 30.5 Å². The highest BCUT2D eigenvalue weighted by molar-refractivity contribution is 5.95. The number of H-pyrrole nitrogens is 1. The SMILES string of the molecule is CCCCC(=O)N(CCCOC)c1c(N)n(Cc2ccccc2)c(=O)[nH]c1=O. The molecule has 2 aromatic rings.